The molecule has 12 aromatic rings. The van der Waals surface area contributed by atoms with Crippen LogP contribution < -0.4 is 0 Å². The molecule has 0 unspecified atom stereocenters. The summed E-state index contributed by atoms with van der Waals surface area (Å²) in [5.74, 6) is 0. The molecule has 2 aromatic heterocycles. The quantitative estimate of drug-likeness (QED) is 0.161. The zero-order valence-corrected chi connectivity index (χ0v) is 30.5. The van der Waals surface area contributed by atoms with Crippen molar-refractivity contribution >= 4 is 75.9 Å². The second-order valence-corrected chi connectivity index (χ2v) is 14.9. The maximum Gasteiger partial charge on any atom is 0.0541 e. The fourth-order valence-corrected chi connectivity index (χ4v) is 9.27. The van der Waals surface area contributed by atoms with Gasteiger partial charge in [0.05, 0.1) is 22.1 Å². The van der Waals surface area contributed by atoms with Crippen LogP contribution in [0.1, 0.15) is 0 Å². The molecule has 0 aliphatic rings. The monoisotopic (exact) mass is 710 g/mol. The molecule has 2 heteroatoms. The van der Waals surface area contributed by atoms with Crippen LogP contribution in [0.3, 0.4) is 0 Å². The van der Waals surface area contributed by atoms with Gasteiger partial charge < -0.3 is 9.13 Å². The van der Waals surface area contributed by atoms with Crippen molar-refractivity contribution in [3.8, 4) is 33.6 Å². The Morgan fingerprint density at radius 1 is 0.232 bits per heavy atom. The first-order valence-corrected chi connectivity index (χ1v) is 19.3. The van der Waals surface area contributed by atoms with Crippen molar-refractivity contribution in [3.05, 3.63) is 206 Å². The van der Waals surface area contributed by atoms with Crippen LogP contribution in [0.15, 0.2) is 206 Å². The highest BCUT2D eigenvalue weighted by Crippen LogP contribution is 2.40. The van der Waals surface area contributed by atoms with Crippen molar-refractivity contribution in [2.45, 2.75) is 0 Å². The van der Waals surface area contributed by atoms with Gasteiger partial charge in [0, 0.05) is 32.9 Å². The molecule has 56 heavy (non-hydrogen) atoms. The van der Waals surface area contributed by atoms with Gasteiger partial charge >= 0.3 is 0 Å². The average molecular weight is 711 g/mol. The van der Waals surface area contributed by atoms with Crippen LogP contribution in [0, 0.1) is 0 Å². The first kappa shape index (κ1) is 31.0. The SMILES string of the molecule is c1ccc(-n2c3ccccc3c3cc(-c4ccc5c(c4)c4ccccc4n5-c4ccc5ccc(-c6cc7ccccc7c7ccccc67)cc5c4)ccc32)cc1. The maximum absolute atomic E-state index is 2.43. The molecule has 0 atom stereocenters. The summed E-state index contributed by atoms with van der Waals surface area (Å²) in [6.45, 7) is 0. The molecule has 260 valence electrons. The van der Waals surface area contributed by atoms with Gasteiger partial charge in [-0.2, -0.15) is 0 Å². The van der Waals surface area contributed by atoms with Crippen molar-refractivity contribution < 1.29 is 0 Å². The van der Waals surface area contributed by atoms with E-state index < -0.39 is 0 Å². The number of benzene rings is 10. The molecular weight excluding hydrogens is 677 g/mol. The summed E-state index contributed by atoms with van der Waals surface area (Å²) < 4.78 is 4.81. The van der Waals surface area contributed by atoms with Gasteiger partial charge in [-0.15, -0.1) is 0 Å². The molecule has 0 fully saturated rings. The second-order valence-electron chi connectivity index (χ2n) is 14.9. The summed E-state index contributed by atoms with van der Waals surface area (Å²) >= 11 is 0. The summed E-state index contributed by atoms with van der Waals surface area (Å²) in [6.07, 6.45) is 0. The van der Waals surface area contributed by atoms with Gasteiger partial charge in [-0.05, 0) is 127 Å². The lowest BCUT2D eigenvalue weighted by atomic mass is 9.92. The van der Waals surface area contributed by atoms with Gasteiger partial charge in [0.25, 0.3) is 0 Å². The Hall–Kier alpha value is -7.42. The number of hydrogen-bond acceptors (Lipinski definition) is 0. The van der Waals surface area contributed by atoms with E-state index in [1.807, 2.05) is 0 Å². The molecule has 0 amide bonds. The van der Waals surface area contributed by atoms with Gasteiger partial charge in [-0.3, -0.25) is 0 Å². The van der Waals surface area contributed by atoms with E-state index in [-0.39, 0.29) is 0 Å². The number of fused-ring (bicyclic) bond motifs is 10. The Morgan fingerprint density at radius 3 is 1.45 bits per heavy atom. The zero-order chi connectivity index (χ0) is 36.7. The molecule has 10 aromatic carbocycles. The van der Waals surface area contributed by atoms with E-state index in [2.05, 4.69) is 215 Å². The third-order valence-electron chi connectivity index (χ3n) is 11.9. The first-order valence-electron chi connectivity index (χ1n) is 19.3. The molecule has 0 radical (unpaired) electrons. The zero-order valence-electron chi connectivity index (χ0n) is 30.5. The standard InChI is InChI=1S/C54H34N2/c1-2-13-41(14-3-1)55-51-20-10-8-18-46(51)49-32-36(25-28-53(49)55)37-26-29-54-50(33-37)47-19-9-11-21-52(47)56(54)42-27-24-35-22-23-39(30-40(35)31-42)48-34-38-12-4-5-15-43(38)44-16-6-7-17-45(44)48/h1-34H. The topological polar surface area (TPSA) is 9.86 Å². The highest BCUT2D eigenvalue weighted by molar-refractivity contribution is 6.15. The minimum Gasteiger partial charge on any atom is -0.309 e. The van der Waals surface area contributed by atoms with Gasteiger partial charge in [0.15, 0.2) is 0 Å². The lowest BCUT2D eigenvalue weighted by Crippen LogP contribution is -1.94. The van der Waals surface area contributed by atoms with Crippen molar-refractivity contribution in [1.29, 1.82) is 0 Å². The molecule has 2 heterocycles. The van der Waals surface area contributed by atoms with Crippen molar-refractivity contribution in [3.63, 3.8) is 0 Å². The molecule has 12 rings (SSSR count). The number of hydrogen-bond donors (Lipinski definition) is 0. The average Bonchev–Trinajstić information content (AvgIpc) is 3.78. The van der Waals surface area contributed by atoms with Crippen molar-refractivity contribution in [1.82, 2.24) is 9.13 Å². The summed E-state index contributed by atoms with van der Waals surface area (Å²) in [6, 6.07) is 75.8. The number of rotatable bonds is 4. The smallest absolute Gasteiger partial charge is 0.0541 e. The van der Waals surface area contributed by atoms with Gasteiger partial charge in [-0.1, -0.05) is 133 Å². The van der Waals surface area contributed by atoms with Gasteiger partial charge in [-0.25, -0.2) is 0 Å². The minimum absolute atomic E-state index is 1.16. The third kappa shape index (κ3) is 4.63. The molecule has 0 N–H and O–H groups in total. The molecule has 0 bridgehead atoms. The lowest BCUT2D eigenvalue weighted by Gasteiger charge is -2.13. The molecule has 0 aliphatic heterocycles. The van der Waals surface area contributed by atoms with Crippen molar-refractivity contribution in [2.75, 3.05) is 0 Å². The highest BCUT2D eigenvalue weighted by atomic mass is 15.0. The van der Waals surface area contributed by atoms with Crippen LogP contribution in [0.4, 0.5) is 0 Å². The largest absolute Gasteiger partial charge is 0.309 e. The van der Waals surface area contributed by atoms with Crippen LogP contribution in [0.2, 0.25) is 0 Å². The van der Waals surface area contributed by atoms with Gasteiger partial charge in [0.2, 0.25) is 0 Å². The van der Waals surface area contributed by atoms with Crippen molar-refractivity contribution in [2.24, 2.45) is 0 Å². The van der Waals surface area contributed by atoms with E-state index in [9.17, 15) is 0 Å². The predicted molar refractivity (Wildman–Crippen MR) is 239 cm³/mol. The van der Waals surface area contributed by atoms with E-state index in [0.29, 0.717) is 0 Å². The molecule has 2 nitrogen and oxygen atoms in total. The van der Waals surface area contributed by atoms with Crippen LogP contribution >= 0.6 is 0 Å². The van der Waals surface area contributed by atoms with E-state index in [1.165, 1.54) is 104 Å². The summed E-state index contributed by atoms with van der Waals surface area (Å²) in [5, 5.41) is 12.6. The van der Waals surface area contributed by atoms with Gasteiger partial charge in [0.1, 0.15) is 0 Å². The molecular formula is C54H34N2. The first-order chi connectivity index (χ1) is 27.8. The Morgan fingerprint density at radius 2 is 0.750 bits per heavy atom. The lowest BCUT2D eigenvalue weighted by molar-refractivity contribution is 1.18. The summed E-state index contributed by atoms with van der Waals surface area (Å²) in [7, 11) is 0. The minimum atomic E-state index is 1.16. The number of aromatic nitrogens is 2. The molecule has 0 saturated carbocycles. The molecule has 0 aliphatic carbocycles. The number of nitrogens with zero attached hydrogens (tertiary/aromatic N) is 2. The Balaban J connectivity index is 1.01. The van der Waals surface area contributed by atoms with E-state index >= 15 is 0 Å². The van der Waals surface area contributed by atoms with E-state index in [0.717, 1.165) is 5.69 Å². The second kappa shape index (κ2) is 12.0. The van der Waals surface area contributed by atoms with Crippen LogP contribution in [-0.2, 0) is 0 Å². The van der Waals surface area contributed by atoms with Crippen LogP contribution in [0.5, 0.6) is 0 Å². The Bertz CT molecular complexity index is 3530. The Kier molecular flexibility index (Phi) is 6.66. The maximum atomic E-state index is 2.43. The third-order valence-corrected chi connectivity index (χ3v) is 11.9. The normalized spacial score (nSPS) is 11.9. The van der Waals surface area contributed by atoms with Crippen LogP contribution in [-0.4, -0.2) is 9.13 Å². The Labute approximate surface area is 323 Å². The predicted octanol–water partition coefficient (Wildman–Crippen LogP) is 14.7. The molecule has 0 saturated heterocycles. The van der Waals surface area contributed by atoms with Crippen LogP contribution in [0.25, 0.3) is 110 Å². The molecule has 0 spiro atoms. The van der Waals surface area contributed by atoms with E-state index in [1.54, 1.807) is 0 Å². The number of para-hydroxylation sites is 3. The summed E-state index contributed by atoms with van der Waals surface area (Å²) in [4.78, 5) is 0. The summed E-state index contributed by atoms with van der Waals surface area (Å²) in [5.41, 5.74) is 12.1. The highest BCUT2D eigenvalue weighted by Gasteiger charge is 2.17. The fourth-order valence-electron chi connectivity index (χ4n) is 9.27. The van der Waals surface area contributed by atoms with E-state index in [4.69, 9.17) is 0 Å². The fraction of sp³-hybridized carbons (Fsp3) is 0.